The fourth-order valence-corrected chi connectivity index (χ4v) is 4.65. The van der Waals surface area contributed by atoms with Crippen molar-refractivity contribution in [3.8, 4) is 0 Å². The van der Waals surface area contributed by atoms with Gasteiger partial charge in [-0.1, -0.05) is 12.5 Å². The van der Waals surface area contributed by atoms with Crippen LogP contribution < -0.4 is 4.90 Å². The Kier molecular flexibility index (Phi) is 5.09. The molecule has 0 bridgehead atoms. The van der Waals surface area contributed by atoms with Crippen LogP contribution in [-0.4, -0.2) is 50.8 Å². The molecule has 2 aliphatic heterocycles. The molecule has 0 unspecified atom stereocenters. The zero-order valence-corrected chi connectivity index (χ0v) is 15.0. The third kappa shape index (κ3) is 3.48. The van der Waals surface area contributed by atoms with E-state index in [1.807, 2.05) is 7.11 Å². The maximum absolute atomic E-state index is 5.50. The molecule has 0 amide bonds. The van der Waals surface area contributed by atoms with Crippen LogP contribution in [0.4, 0.5) is 5.69 Å². The van der Waals surface area contributed by atoms with Crippen LogP contribution >= 0.6 is 0 Å². The fraction of sp³-hybridized carbons (Fsp3) is 0.714. The molecular weight excluding hydrogens is 296 g/mol. The number of hydrogen-bond acceptors (Lipinski definition) is 3. The van der Waals surface area contributed by atoms with Gasteiger partial charge in [-0.05, 0) is 67.7 Å². The summed E-state index contributed by atoms with van der Waals surface area (Å²) < 4.78 is 5.50. The first-order valence-electron chi connectivity index (χ1n) is 9.83. The highest BCUT2D eigenvalue weighted by Crippen LogP contribution is 2.41. The molecule has 1 radical (unpaired) electrons. The van der Waals surface area contributed by atoms with E-state index >= 15 is 0 Å². The predicted molar refractivity (Wildman–Crippen MR) is 98.7 cm³/mol. The molecule has 3 heteroatoms. The standard InChI is InChI=1S/C21H31N2O/c1-24-19-11-12-22(16-19)15-17-9-13-23(14-10-17)21-8-3-2-7-20(21)18-5-4-6-18/h3,7-8,17-19H,4-6,9-16H2,1H3/t19-/m0/s1. The van der Waals surface area contributed by atoms with Gasteiger partial charge in [0.1, 0.15) is 0 Å². The number of anilines is 1. The summed E-state index contributed by atoms with van der Waals surface area (Å²) in [7, 11) is 1.85. The quantitative estimate of drug-likeness (QED) is 0.820. The van der Waals surface area contributed by atoms with Gasteiger partial charge in [0.05, 0.1) is 6.10 Å². The van der Waals surface area contributed by atoms with Crippen molar-refractivity contribution in [2.45, 2.75) is 50.5 Å². The molecule has 0 aromatic heterocycles. The lowest BCUT2D eigenvalue weighted by atomic mass is 9.79. The third-order valence-corrected chi connectivity index (χ3v) is 6.45. The highest BCUT2D eigenvalue weighted by atomic mass is 16.5. The molecule has 3 fully saturated rings. The van der Waals surface area contributed by atoms with E-state index in [-0.39, 0.29) is 0 Å². The van der Waals surface area contributed by atoms with Crippen LogP contribution in [0.3, 0.4) is 0 Å². The van der Waals surface area contributed by atoms with Gasteiger partial charge in [-0.25, -0.2) is 0 Å². The fourth-order valence-electron chi connectivity index (χ4n) is 4.65. The largest absolute Gasteiger partial charge is 0.380 e. The van der Waals surface area contributed by atoms with Crippen molar-refractivity contribution in [1.29, 1.82) is 0 Å². The van der Waals surface area contributed by atoms with Crippen LogP contribution in [0.2, 0.25) is 0 Å². The van der Waals surface area contributed by atoms with E-state index in [4.69, 9.17) is 4.74 Å². The summed E-state index contributed by atoms with van der Waals surface area (Å²) in [4.78, 5) is 5.26. The number of piperidine rings is 1. The second-order valence-corrected chi connectivity index (χ2v) is 7.95. The number of ether oxygens (including phenoxy) is 1. The molecule has 4 rings (SSSR count). The summed E-state index contributed by atoms with van der Waals surface area (Å²) in [6.07, 6.45) is 8.48. The summed E-state index contributed by atoms with van der Waals surface area (Å²) in [5.74, 6) is 1.66. The Bertz CT molecular complexity index is 534. The Morgan fingerprint density at radius 3 is 2.62 bits per heavy atom. The number of likely N-dealkylation sites (tertiary alicyclic amines) is 1. The highest BCUT2D eigenvalue weighted by Gasteiger charge is 2.28. The van der Waals surface area contributed by atoms with Crippen LogP contribution in [0.5, 0.6) is 0 Å². The van der Waals surface area contributed by atoms with Crippen molar-refractivity contribution in [2.24, 2.45) is 5.92 Å². The zero-order chi connectivity index (χ0) is 16.4. The van der Waals surface area contributed by atoms with E-state index in [1.165, 1.54) is 70.4 Å². The van der Waals surface area contributed by atoms with Crippen molar-refractivity contribution < 1.29 is 4.74 Å². The van der Waals surface area contributed by atoms with Crippen molar-refractivity contribution in [3.63, 3.8) is 0 Å². The number of hydrogen-bond donors (Lipinski definition) is 0. The second-order valence-electron chi connectivity index (χ2n) is 7.95. The molecule has 1 aliphatic carbocycles. The van der Waals surface area contributed by atoms with Gasteiger partial charge in [-0.3, -0.25) is 0 Å². The zero-order valence-electron chi connectivity index (χ0n) is 15.0. The average Bonchev–Trinajstić information content (AvgIpc) is 3.02. The summed E-state index contributed by atoms with van der Waals surface area (Å²) in [5, 5.41) is 0. The van der Waals surface area contributed by atoms with Gasteiger partial charge in [0.15, 0.2) is 0 Å². The third-order valence-electron chi connectivity index (χ3n) is 6.45. The van der Waals surface area contributed by atoms with E-state index in [2.05, 4.69) is 34.1 Å². The van der Waals surface area contributed by atoms with Gasteiger partial charge in [-0.15, -0.1) is 0 Å². The Hall–Kier alpha value is -1.06. The predicted octanol–water partition coefficient (Wildman–Crippen LogP) is 3.69. The van der Waals surface area contributed by atoms with Crippen LogP contribution in [0, 0.1) is 12.0 Å². The topological polar surface area (TPSA) is 15.7 Å². The molecule has 1 atom stereocenters. The summed E-state index contributed by atoms with van der Waals surface area (Å²) in [6.45, 7) is 6.06. The van der Waals surface area contributed by atoms with E-state index in [1.54, 1.807) is 5.56 Å². The van der Waals surface area contributed by atoms with Gasteiger partial charge < -0.3 is 14.5 Å². The first-order valence-corrected chi connectivity index (χ1v) is 9.83. The monoisotopic (exact) mass is 327 g/mol. The first kappa shape index (κ1) is 16.4. The van der Waals surface area contributed by atoms with Crippen LogP contribution in [0.1, 0.15) is 50.0 Å². The molecule has 1 saturated carbocycles. The molecule has 24 heavy (non-hydrogen) atoms. The van der Waals surface area contributed by atoms with Crippen LogP contribution in [0.25, 0.3) is 0 Å². The normalized spacial score (nSPS) is 26.7. The van der Waals surface area contributed by atoms with E-state index in [9.17, 15) is 0 Å². The molecule has 3 aliphatic rings. The molecule has 1 aromatic carbocycles. The Morgan fingerprint density at radius 1 is 1.12 bits per heavy atom. The van der Waals surface area contributed by atoms with Crippen molar-refractivity contribution >= 4 is 5.69 Å². The van der Waals surface area contributed by atoms with Crippen LogP contribution in [0.15, 0.2) is 18.2 Å². The van der Waals surface area contributed by atoms with E-state index in [0.29, 0.717) is 6.10 Å². The number of rotatable bonds is 5. The SMILES string of the molecule is CO[C@H]1CCN(CC2CCN(c3cc[c]cc3C3CCC3)CC2)C1. The van der Waals surface area contributed by atoms with Gasteiger partial charge in [-0.2, -0.15) is 0 Å². The molecule has 3 nitrogen and oxygen atoms in total. The Balaban J connectivity index is 1.32. The van der Waals surface area contributed by atoms with Crippen molar-refractivity contribution in [3.05, 3.63) is 29.8 Å². The molecule has 131 valence electrons. The van der Waals surface area contributed by atoms with Gasteiger partial charge in [0.2, 0.25) is 0 Å². The minimum Gasteiger partial charge on any atom is -0.380 e. The van der Waals surface area contributed by atoms with E-state index < -0.39 is 0 Å². The molecule has 0 N–H and O–H groups in total. The highest BCUT2D eigenvalue weighted by molar-refractivity contribution is 5.55. The lowest BCUT2D eigenvalue weighted by molar-refractivity contribution is 0.105. The second kappa shape index (κ2) is 7.45. The van der Waals surface area contributed by atoms with Gasteiger partial charge in [0, 0.05) is 45.5 Å². The molecule has 2 heterocycles. The van der Waals surface area contributed by atoms with Gasteiger partial charge in [0.25, 0.3) is 0 Å². The Morgan fingerprint density at radius 2 is 1.96 bits per heavy atom. The van der Waals surface area contributed by atoms with Crippen molar-refractivity contribution in [1.82, 2.24) is 4.90 Å². The molecule has 2 saturated heterocycles. The summed E-state index contributed by atoms with van der Waals surface area (Å²) in [5.41, 5.74) is 3.06. The van der Waals surface area contributed by atoms with E-state index in [0.717, 1.165) is 18.4 Å². The number of methoxy groups -OCH3 is 1. The smallest absolute Gasteiger partial charge is 0.0710 e. The maximum Gasteiger partial charge on any atom is 0.0710 e. The lowest BCUT2D eigenvalue weighted by Crippen LogP contribution is -2.39. The minimum absolute atomic E-state index is 0.468. The molecular formula is C21H31N2O. The first-order chi connectivity index (χ1) is 11.8. The molecule has 0 spiro atoms. The maximum atomic E-state index is 5.50. The minimum atomic E-state index is 0.468. The average molecular weight is 327 g/mol. The number of benzene rings is 1. The Labute approximate surface area is 147 Å². The van der Waals surface area contributed by atoms with Crippen LogP contribution in [-0.2, 0) is 4.74 Å². The van der Waals surface area contributed by atoms with Gasteiger partial charge >= 0.3 is 0 Å². The molecule has 1 aromatic rings. The van der Waals surface area contributed by atoms with Crippen molar-refractivity contribution in [2.75, 3.05) is 44.7 Å². The number of nitrogens with zero attached hydrogens (tertiary/aromatic N) is 2. The summed E-state index contributed by atoms with van der Waals surface area (Å²) >= 11 is 0. The summed E-state index contributed by atoms with van der Waals surface area (Å²) in [6, 6.07) is 9.96. The lowest BCUT2D eigenvalue weighted by Gasteiger charge is -2.38.